The van der Waals surface area contributed by atoms with E-state index in [0.717, 1.165) is 39.4 Å². The van der Waals surface area contributed by atoms with Crippen LogP contribution in [0.1, 0.15) is 39.0 Å². The first-order valence-corrected chi connectivity index (χ1v) is 8.17. The van der Waals surface area contributed by atoms with Crippen molar-refractivity contribution in [3.63, 3.8) is 0 Å². The van der Waals surface area contributed by atoms with Gasteiger partial charge in [-0.3, -0.25) is 4.90 Å². The predicted molar refractivity (Wildman–Crippen MR) is 84.3 cm³/mol. The van der Waals surface area contributed by atoms with Gasteiger partial charge >= 0.3 is 0 Å². The molecule has 20 heavy (non-hydrogen) atoms. The average Bonchev–Trinajstić information content (AvgIpc) is 2.91. The highest BCUT2D eigenvalue weighted by molar-refractivity contribution is 4.89. The minimum absolute atomic E-state index is 0.469. The third-order valence-electron chi connectivity index (χ3n) is 4.37. The minimum Gasteiger partial charge on any atom is -0.383 e. The van der Waals surface area contributed by atoms with Crippen molar-refractivity contribution in [2.75, 3.05) is 60.2 Å². The first-order valence-electron chi connectivity index (χ1n) is 8.17. The molecule has 1 aliphatic rings. The molecule has 1 fully saturated rings. The summed E-state index contributed by atoms with van der Waals surface area (Å²) in [6, 6.07) is 0. The van der Waals surface area contributed by atoms with Crippen molar-refractivity contribution < 1.29 is 9.47 Å². The van der Waals surface area contributed by atoms with Crippen LogP contribution in [0.25, 0.3) is 0 Å². The lowest BCUT2D eigenvalue weighted by atomic mass is 9.85. The van der Waals surface area contributed by atoms with E-state index in [1.807, 2.05) is 0 Å². The molecule has 0 amide bonds. The van der Waals surface area contributed by atoms with Crippen molar-refractivity contribution in [3.8, 4) is 0 Å². The molecule has 0 radical (unpaired) electrons. The highest BCUT2D eigenvalue weighted by atomic mass is 16.5. The molecular weight excluding hydrogens is 252 g/mol. The van der Waals surface area contributed by atoms with E-state index in [0.29, 0.717) is 5.41 Å². The Morgan fingerprint density at radius 3 is 2.15 bits per heavy atom. The SMILES string of the molecule is CCCNCC1(CN(CCOC)CCOC)CCCC1. The maximum Gasteiger partial charge on any atom is 0.0589 e. The number of hydrogen-bond acceptors (Lipinski definition) is 4. The third kappa shape index (κ3) is 6.53. The number of nitrogens with one attached hydrogen (secondary N) is 1. The normalized spacial score (nSPS) is 18.0. The Bertz CT molecular complexity index is 223. The van der Waals surface area contributed by atoms with Crippen LogP contribution in [0.5, 0.6) is 0 Å². The summed E-state index contributed by atoms with van der Waals surface area (Å²) in [5.74, 6) is 0. The van der Waals surface area contributed by atoms with Gasteiger partial charge in [-0.1, -0.05) is 19.8 Å². The molecule has 1 saturated carbocycles. The Hall–Kier alpha value is -0.160. The van der Waals surface area contributed by atoms with Gasteiger partial charge in [0.1, 0.15) is 0 Å². The monoisotopic (exact) mass is 286 g/mol. The van der Waals surface area contributed by atoms with Gasteiger partial charge in [-0.25, -0.2) is 0 Å². The van der Waals surface area contributed by atoms with Crippen LogP contribution in [0.2, 0.25) is 0 Å². The maximum absolute atomic E-state index is 5.25. The molecule has 1 N–H and O–H groups in total. The highest BCUT2D eigenvalue weighted by Gasteiger charge is 2.34. The average molecular weight is 286 g/mol. The zero-order chi connectivity index (χ0) is 14.7. The summed E-state index contributed by atoms with van der Waals surface area (Å²) in [5, 5.41) is 3.65. The van der Waals surface area contributed by atoms with Gasteiger partial charge < -0.3 is 14.8 Å². The maximum atomic E-state index is 5.25. The van der Waals surface area contributed by atoms with Crippen LogP contribution < -0.4 is 5.32 Å². The number of nitrogens with zero attached hydrogens (tertiary/aromatic N) is 1. The Morgan fingerprint density at radius 1 is 1.05 bits per heavy atom. The van der Waals surface area contributed by atoms with Gasteiger partial charge in [0.15, 0.2) is 0 Å². The fourth-order valence-electron chi connectivity index (χ4n) is 3.23. The molecule has 0 spiro atoms. The first-order chi connectivity index (χ1) is 9.76. The van der Waals surface area contributed by atoms with E-state index in [9.17, 15) is 0 Å². The van der Waals surface area contributed by atoms with Crippen LogP contribution in [0, 0.1) is 5.41 Å². The van der Waals surface area contributed by atoms with Crippen LogP contribution in [-0.4, -0.2) is 65.1 Å². The molecule has 1 aliphatic carbocycles. The molecule has 1 rings (SSSR count). The quantitative estimate of drug-likeness (QED) is 0.557. The fraction of sp³-hybridized carbons (Fsp3) is 1.00. The van der Waals surface area contributed by atoms with Gasteiger partial charge in [0, 0.05) is 40.4 Å². The number of hydrogen-bond donors (Lipinski definition) is 1. The fourth-order valence-corrected chi connectivity index (χ4v) is 3.23. The molecule has 0 saturated heterocycles. The second-order valence-corrected chi connectivity index (χ2v) is 6.15. The van der Waals surface area contributed by atoms with Crippen molar-refractivity contribution >= 4 is 0 Å². The van der Waals surface area contributed by atoms with Crippen molar-refractivity contribution in [1.82, 2.24) is 10.2 Å². The molecule has 0 atom stereocenters. The van der Waals surface area contributed by atoms with E-state index in [4.69, 9.17) is 9.47 Å². The summed E-state index contributed by atoms with van der Waals surface area (Å²) in [4.78, 5) is 2.52. The molecule has 0 aliphatic heterocycles. The molecule has 0 aromatic carbocycles. The van der Waals surface area contributed by atoms with E-state index in [2.05, 4.69) is 17.1 Å². The number of methoxy groups -OCH3 is 2. The molecule has 0 aromatic rings. The lowest BCUT2D eigenvalue weighted by molar-refractivity contribution is 0.0796. The first kappa shape index (κ1) is 17.9. The number of rotatable bonds is 12. The molecule has 0 aromatic heterocycles. The lowest BCUT2D eigenvalue weighted by Gasteiger charge is -2.35. The summed E-state index contributed by atoms with van der Waals surface area (Å²) in [7, 11) is 3.56. The Kier molecular flexibility index (Phi) is 9.44. The second-order valence-electron chi connectivity index (χ2n) is 6.15. The van der Waals surface area contributed by atoms with Gasteiger partial charge in [-0.15, -0.1) is 0 Å². The Labute approximate surface area is 125 Å². The topological polar surface area (TPSA) is 33.7 Å². The summed E-state index contributed by atoms with van der Waals surface area (Å²) in [6.45, 7) is 9.35. The molecule has 4 heteroatoms. The number of ether oxygens (including phenoxy) is 2. The van der Waals surface area contributed by atoms with Crippen LogP contribution in [0.15, 0.2) is 0 Å². The van der Waals surface area contributed by atoms with E-state index in [-0.39, 0.29) is 0 Å². The van der Waals surface area contributed by atoms with Crippen LogP contribution in [-0.2, 0) is 9.47 Å². The van der Waals surface area contributed by atoms with Gasteiger partial charge in [-0.05, 0) is 31.2 Å². The van der Waals surface area contributed by atoms with E-state index in [1.165, 1.54) is 38.6 Å². The standard InChI is InChI=1S/C16H34N2O2/c1-4-9-17-14-16(7-5-6-8-16)15-18(10-12-19-2)11-13-20-3/h17H,4-15H2,1-3H3. The van der Waals surface area contributed by atoms with Gasteiger partial charge in [0.2, 0.25) is 0 Å². The van der Waals surface area contributed by atoms with Gasteiger partial charge in [0.05, 0.1) is 13.2 Å². The molecule has 0 heterocycles. The zero-order valence-electron chi connectivity index (χ0n) is 13.7. The van der Waals surface area contributed by atoms with Crippen molar-refractivity contribution in [2.24, 2.45) is 5.41 Å². The molecule has 0 unspecified atom stereocenters. The van der Waals surface area contributed by atoms with Crippen LogP contribution >= 0.6 is 0 Å². The predicted octanol–water partition coefficient (Wildman–Crippen LogP) is 2.14. The van der Waals surface area contributed by atoms with E-state index in [1.54, 1.807) is 14.2 Å². The minimum atomic E-state index is 0.469. The van der Waals surface area contributed by atoms with E-state index >= 15 is 0 Å². The van der Waals surface area contributed by atoms with Crippen LogP contribution in [0.3, 0.4) is 0 Å². The second kappa shape index (κ2) is 10.6. The summed E-state index contributed by atoms with van der Waals surface area (Å²) in [6.07, 6.45) is 6.71. The Balaban J connectivity index is 2.49. The molecular formula is C16H34N2O2. The van der Waals surface area contributed by atoms with Crippen LogP contribution in [0.4, 0.5) is 0 Å². The smallest absolute Gasteiger partial charge is 0.0589 e. The van der Waals surface area contributed by atoms with Gasteiger partial charge in [0.25, 0.3) is 0 Å². The molecule has 4 nitrogen and oxygen atoms in total. The summed E-state index contributed by atoms with van der Waals surface area (Å²) < 4.78 is 10.5. The highest BCUT2D eigenvalue weighted by Crippen LogP contribution is 2.38. The van der Waals surface area contributed by atoms with Crippen molar-refractivity contribution in [2.45, 2.75) is 39.0 Å². The Morgan fingerprint density at radius 2 is 1.65 bits per heavy atom. The molecule has 0 bridgehead atoms. The van der Waals surface area contributed by atoms with Gasteiger partial charge in [-0.2, -0.15) is 0 Å². The molecule has 120 valence electrons. The summed E-state index contributed by atoms with van der Waals surface area (Å²) in [5.41, 5.74) is 0.469. The van der Waals surface area contributed by atoms with Crippen molar-refractivity contribution in [3.05, 3.63) is 0 Å². The third-order valence-corrected chi connectivity index (χ3v) is 4.37. The van der Waals surface area contributed by atoms with E-state index < -0.39 is 0 Å². The van der Waals surface area contributed by atoms with Crippen molar-refractivity contribution in [1.29, 1.82) is 0 Å². The largest absolute Gasteiger partial charge is 0.383 e. The lowest BCUT2D eigenvalue weighted by Crippen LogP contribution is -2.44. The zero-order valence-corrected chi connectivity index (χ0v) is 13.7. The summed E-state index contributed by atoms with van der Waals surface area (Å²) >= 11 is 0.